The number of pyridine rings is 1. The molecule has 126 valence electrons. The highest BCUT2D eigenvalue weighted by Gasteiger charge is 2.18. The number of nitro groups is 1. The SMILES string of the molecule is COCCn1c(Sc2ccc([N+](=O)[O-])c(C#N)n2)nc2ccccc21. The van der Waals surface area contributed by atoms with Crippen molar-refractivity contribution in [2.24, 2.45) is 0 Å². The Hall–Kier alpha value is -2.96. The molecule has 0 aliphatic carbocycles. The molecule has 0 fully saturated rings. The lowest BCUT2D eigenvalue weighted by Gasteiger charge is -2.08. The molecule has 0 amide bonds. The second-order valence-corrected chi connectivity index (χ2v) is 6.00. The van der Waals surface area contributed by atoms with E-state index in [1.165, 1.54) is 23.9 Å². The van der Waals surface area contributed by atoms with Gasteiger partial charge in [-0.1, -0.05) is 12.1 Å². The number of fused-ring (bicyclic) bond motifs is 1. The number of aromatic nitrogens is 3. The lowest BCUT2D eigenvalue weighted by atomic mass is 10.3. The summed E-state index contributed by atoms with van der Waals surface area (Å²) in [5.74, 6) is 0. The van der Waals surface area contributed by atoms with Gasteiger partial charge in [0.15, 0.2) is 5.16 Å². The van der Waals surface area contributed by atoms with E-state index in [1.807, 2.05) is 28.8 Å². The van der Waals surface area contributed by atoms with E-state index in [0.717, 1.165) is 11.0 Å². The van der Waals surface area contributed by atoms with Crippen LogP contribution in [-0.2, 0) is 11.3 Å². The summed E-state index contributed by atoms with van der Waals surface area (Å²) in [6.45, 7) is 1.13. The zero-order chi connectivity index (χ0) is 17.8. The summed E-state index contributed by atoms with van der Waals surface area (Å²) in [6.07, 6.45) is 0. The van der Waals surface area contributed by atoms with Gasteiger partial charge in [-0.15, -0.1) is 0 Å². The molecule has 25 heavy (non-hydrogen) atoms. The first kappa shape index (κ1) is 16.9. The summed E-state index contributed by atoms with van der Waals surface area (Å²) in [5.41, 5.74) is 1.28. The molecule has 0 saturated heterocycles. The average molecular weight is 355 g/mol. The van der Waals surface area contributed by atoms with Gasteiger partial charge in [0.1, 0.15) is 11.1 Å². The van der Waals surface area contributed by atoms with Crippen LogP contribution in [0.1, 0.15) is 5.69 Å². The van der Waals surface area contributed by atoms with Crippen molar-refractivity contribution in [1.82, 2.24) is 14.5 Å². The zero-order valence-electron chi connectivity index (χ0n) is 13.2. The quantitative estimate of drug-likeness (QED) is 0.494. The Morgan fingerprint density at radius 2 is 2.12 bits per heavy atom. The standard InChI is InChI=1S/C16H13N5O3S/c1-24-9-8-20-13-5-3-2-4-11(13)19-16(20)25-15-7-6-14(21(22)23)12(10-17)18-15/h2-7H,8-9H2,1H3. The van der Waals surface area contributed by atoms with Crippen molar-refractivity contribution < 1.29 is 9.66 Å². The van der Waals surface area contributed by atoms with Gasteiger partial charge in [0.05, 0.1) is 22.6 Å². The number of ether oxygens (including phenoxy) is 1. The topological polar surface area (TPSA) is 107 Å². The number of methoxy groups -OCH3 is 1. The summed E-state index contributed by atoms with van der Waals surface area (Å²) < 4.78 is 7.16. The summed E-state index contributed by atoms with van der Waals surface area (Å²) in [6, 6.07) is 12.3. The first-order chi connectivity index (χ1) is 12.1. The van der Waals surface area contributed by atoms with Crippen LogP contribution in [0.15, 0.2) is 46.6 Å². The number of benzene rings is 1. The summed E-state index contributed by atoms with van der Waals surface area (Å²) in [4.78, 5) is 19.0. The van der Waals surface area contributed by atoms with Crippen molar-refractivity contribution in [2.45, 2.75) is 16.7 Å². The molecule has 0 atom stereocenters. The summed E-state index contributed by atoms with van der Waals surface area (Å²) >= 11 is 1.25. The molecule has 0 aliphatic heterocycles. The summed E-state index contributed by atoms with van der Waals surface area (Å²) in [7, 11) is 1.63. The fraction of sp³-hybridized carbons (Fsp3) is 0.188. The Labute approximate surface area is 147 Å². The highest BCUT2D eigenvalue weighted by molar-refractivity contribution is 7.99. The van der Waals surface area contributed by atoms with Crippen LogP contribution in [0, 0.1) is 21.4 Å². The van der Waals surface area contributed by atoms with Gasteiger partial charge >= 0.3 is 5.69 Å². The first-order valence-corrected chi connectivity index (χ1v) is 8.13. The van der Waals surface area contributed by atoms with Gasteiger partial charge in [-0.2, -0.15) is 5.26 Å². The van der Waals surface area contributed by atoms with Crippen molar-refractivity contribution >= 4 is 28.5 Å². The van der Waals surface area contributed by atoms with E-state index in [9.17, 15) is 10.1 Å². The zero-order valence-corrected chi connectivity index (χ0v) is 14.1. The Morgan fingerprint density at radius 3 is 2.84 bits per heavy atom. The Balaban J connectivity index is 2.00. The van der Waals surface area contributed by atoms with Crippen LogP contribution in [0.4, 0.5) is 5.69 Å². The van der Waals surface area contributed by atoms with Crippen LogP contribution in [0.5, 0.6) is 0 Å². The molecule has 0 radical (unpaired) electrons. The molecule has 2 aromatic heterocycles. The second kappa shape index (κ2) is 7.29. The van der Waals surface area contributed by atoms with Gasteiger partial charge in [-0.3, -0.25) is 10.1 Å². The first-order valence-electron chi connectivity index (χ1n) is 7.31. The smallest absolute Gasteiger partial charge is 0.305 e. The third-order valence-electron chi connectivity index (χ3n) is 3.49. The lowest BCUT2D eigenvalue weighted by Crippen LogP contribution is -2.05. The van der Waals surface area contributed by atoms with E-state index in [4.69, 9.17) is 10.00 Å². The van der Waals surface area contributed by atoms with Gasteiger partial charge in [-0.25, -0.2) is 9.97 Å². The highest BCUT2D eigenvalue weighted by atomic mass is 32.2. The minimum absolute atomic E-state index is 0.213. The molecule has 0 bridgehead atoms. The fourth-order valence-electron chi connectivity index (χ4n) is 2.34. The minimum atomic E-state index is -0.617. The number of rotatable bonds is 6. The molecule has 0 aliphatic rings. The lowest BCUT2D eigenvalue weighted by molar-refractivity contribution is -0.385. The highest BCUT2D eigenvalue weighted by Crippen LogP contribution is 2.30. The monoisotopic (exact) mass is 355 g/mol. The van der Waals surface area contributed by atoms with E-state index in [-0.39, 0.29) is 11.4 Å². The van der Waals surface area contributed by atoms with E-state index in [2.05, 4.69) is 9.97 Å². The maximum absolute atomic E-state index is 10.9. The predicted octanol–water partition coefficient (Wildman–Crippen LogP) is 3.01. The van der Waals surface area contributed by atoms with Crippen molar-refractivity contribution in [3.63, 3.8) is 0 Å². The van der Waals surface area contributed by atoms with Gasteiger partial charge in [-0.05, 0) is 30.0 Å². The molecule has 0 N–H and O–H groups in total. The molecule has 3 aromatic rings. The largest absolute Gasteiger partial charge is 0.383 e. The number of hydrogen-bond acceptors (Lipinski definition) is 7. The minimum Gasteiger partial charge on any atom is -0.383 e. The van der Waals surface area contributed by atoms with E-state index in [0.29, 0.717) is 23.3 Å². The number of imidazole rings is 1. The number of nitrogens with zero attached hydrogens (tertiary/aromatic N) is 5. The van der Waals surface area contributed by atoms with E-state index >= 15 is 0 Å². The molecule has 1 aromatic carbocycles. The van der Waals surface area contributed by atoms with Gasteiger partial charge < -0.3 is 9.30 Å². The Kier molecular flexibility index (Phi) is 4.92. The van der Waals surface area contributed by atoms with Crippen molar-refractivity contribution in [3.8, 4) is 6.07 Å². The maximum Gasteiger partial charge on any atom is 0.305 e. The van der Waals surface area contributed by atoms with Crippen LogP contribution < -0.4 is 0 Å². The molecule has 0 saturated carbocycles. The molecule has 3 rings (SSSR count). The normalized spacial score (nSPS) is 10.7. The van der Waals surface area contributed by atoms with Crippen molar-refractivity contribution in [2.75, 3.05) is 13.7 Å². The van der Waals surface area contributed by atoms with Crippen LogP contribution in [0.3, 0.4) is 0 Å². The predicted molar refractivity (Wildman–Crippen MR) is 91.3 cm³/mol. The molecular formula is C16H13N5O3S. The van der Waals surface area contributed by atoms with Crippen LogP contribution in [-0.4, -0.2) is 33.2 Å². The third-order valence-corrected chi connectivity index (χ3v) is 4.42. The molecule has 0 spiro atoms. The fourth-order valence-corrected chi connectivity index (χ4v) is 3.25. The number of hydrogen-bond donors (Lipinski definition) is 0. The number of para-hydroxylation sites is 2. The molecule has 2 heterocycles. The van der Waals surface area contributed by atoms with Crippen molar-refractivity contribution in [1.29, 1.82) is 5.26 Å². The molecule has 0 unspecified atom stereocenters. The molecule has 8 nitrogen and oxygen atoms in total. The molecule has 9 heteroatoms. The van der Waals surface area contributed by atoms with E-state index < -0.39 is 4.92 Å². The number of nitriles is 1. The second-order valence-electron chi connectivity index (χ2n) is 5.02. The van der Waals surface area contributed by atoms with Crippen LogP contribution in [0.25, 0.3) is 11.0 Å². The van der Waals surface area contributed by atoms with Gasteiger partial charge in [0, 0.05) is 19.7 Å². The van der Waals surface area contributed by atoms with Crippen LogP contribution >= 0.6 is 11.8 Å². The van der Waals surface area contributed by atoms with Crippen molar-refractivity contribution in [3.05, 3.63) is 52.2 Å². The average Bonchev–Trinajstić information content (AvgIpc) is 2.96. The third kappa shape index (κ3) is 3.45. The van der Waals surface area contributed by atoms with Gasteiger partial charge in [0.25, 0.3) is 0 Å². The van der Waals surface area contributed by atoms with Crippen LogP contribution in [0.2, 0.25) is 0 Å². The maximum atomic E-state index is 10.9. The Morgan fingerprint density at radius 1 is 1.32 bits per heavy atom. The molecular weight excluding hydrogens is 342 g/mol. The van der Waals surface area contributed by atoms with E-state index in [1.54, 1.807) is 13.2 Å². The van der Waals surface area contributed by atoms with Gasteiger partial charge in [0.2, 0.25) is 5.69 Å². The summed E-state index contributed by atoms with van der Waals surface area (Å²) in [5, 5.41) is 21.1. The Bertz CT molecular complexity index is 980.